The highest BCUT2D eigenvalue weighted by molar-refractivity contribution is 7.89. The van der Waals surface area contributed by atoms with Crippen LogP contribution >= 0.6 is 11.6 Å². The Bertz CT molecular complexity index is 1330. The average Bonchev–Trinajstić information content (AvgIpc) is 2.86. The fraction of sp³-hybridized carbons (Fsp3) is 0.240. The first-order chi connectivity index (χ1) is 16.6. The van der Waals surface area contributed by atoms with Crippen molar-refractivity contribution in [2.24, 2.45) is 0 Å². The third-order valence-corrected chi connectivity index (χ3v) is 7.62. The Hall–Kier alpha value is -3.27. The fourth-order valence-electron chi connectivity index (χ4n) is 3.46. The lowest BCUT2D eigenvalue weighted by Gasteiger charge is -2.28. The zero-order valence-electron chi connectivity index (χ0n) is 19.7. The summed E-state index contributed by atoms with van der Waals surface area (Å²) in [5.74, 6) is -1.45. The number of methoxy groups -OCH3 is 2. The first kappa shape index (κ1) is 26.3. The van der Waals surface area contributed by atoms with Gasteiger partial charge in [0.1, 0.15) is 6.54 Å². The number of nitrogens with zero attached hydrogens (tertiary/aromatic N) is 2. The third kappa shape index (κ3) is 5.87. The van der Waals surface area contributed by atoms with Crippen LogP contribution in [0.3, 0.4) is 0 Å². The van der Waals surface area contributed by atoms with Gasteiger partial charge in [0.15, 0.2) is 0 Å². The molecule has 2 aromatic carbocycles. The quantitative estimate of drug-likeness (QED) is 0.408. The molecular weight excluding hydrogens is 492 g/mol. The van der Waals surface area contributed by atoms with Crippen molar-refractivity contribution in [3.05, 3.63) is 82.5 Å². The summed E-state index contributed by atoms with van der Waals surface area (Å²) in [5, 5.41) is 0.543. The van der Waals surface area contributed by atoms with E-state index in [0.29, 0.717) is 16.3 Å². The number of aromatic nitrogens is 1. The molecule has 0 saturated carbocycles. The van der Waals surface area contributed by atoms with Crippen molar-refractivity contribution in [2.75, 3.05) is 20.8 Å². The van der Waals surface area contributed by atoms with Crippen molar-refractivity contribution in [2.45, 2.75) is 24.8 Å². The number of carbonyl (C=O) groups is 2. The van der Waals surface area contributed by atoms with Gasteiger partial charge in [0.25, 0.3) is 0 Å². The second-order valence-electron chi connectivity index (χ2n) is 7.74. The van der Waals surface area contributed by atoms with Gasteiger partial charge in [-0.2, -0.15) is 4.31 Å². The molecule has 1 unspecified atom stereocenters. The summed E-state index contributed by atoms with van der Waals surface area (Å²) >= 11 is 5.99. The lowest BCUT2D eigenvalue weighted by molar-refractivity contribution is -0.141. The number of esters is 2. The number of hydrogen-bond donors (Lipinski definition) is 0. The summed E-state index contributed by atoms with van der Waals surface area (Å²) in [6, 6.07) is 15.3. The molecule has 0 fully saturated rings. The molecule has 0 bridgehead atoms. The number of pyridine rings is 1. The van der Waals surface area contributed by atoms with Crippen molar-refractivity contribution < 1.29 is 27.5 Å². The number of halogens is 1. The minimum absolute atomic E-state index is 0.00710. The van der Waals surface area contributed by atoms with Gasteiger partial charge in [0.05, 0.1) is 42.1 Å². The Morgan fingerprint density at radius 2 is 1.60 bits per heavy atom. The summed E-state index contributed by atoms with van der Waals surface area (Å²) in [7, 11) is -1.79. The number of ether oxygens (including phenoxy) is 2. The van der Waals surface area contributed by atoms with E-state index in [2.05, 4.69) is 4.98 Å². The first-order valence-electron chi connectivity index (χ1n) is 10.6. The van der Waals surface area contributed by atoms with E-state index in [1.165, 1.54) is 32.4 Å². The normalized spacial score (nSPS) is 12.3. The Kier molecular flexibility index (Phi) is 8.26. The average molecular weight is 517 g/mol. The lowest BCUT2D eigenvalue weighted by Crippen LogP contribution is -2.39. The van der Waals surface area contributed by atoms with Crippen LogP contribution in [0.4, 0.5) is 0 Å². The summed E-state index contributed by atoms with van der Waals surface area (Å²) in [5.41, 5.74) is 2.28. The van der Waals surface area contributed by atoms with Gasteiger partial charge >= 0.3 is 11.9 Å². The summed E-state index contributed by atoms with van der Waals surface area (Å²) in [6.07, 6.45) is 0. The predicted molar refractivity (Wildman–Crippen MR) is 132 cm³/mol. The van der Waals surface area contributed by atoms with Crippen LogP contribution in [0.5, 0.6) is 0 Å². The Morgan fingerprint density at radius 1 is 0.971 bits per heavy atom. The largest absolute Gasteiger partial charge is 0.468 e. The standard InChI is InChI=1S/C25H25ClN2O6S/c1-16-5-11-20(12-6-16)35(31,32)28(15-23(29)33-3)17(2)24-21(25(30)34-4)13-14-22(27-24)18-7-9-19(26)10-8-18/h5-14,17H,15H2,1-4H3. The van der Waals surface area contributed by atoms with Crippen LogP contribution in [0, 0.1) is 6.92 Å². The molecule has 1 atom stereocenters. The van der Waals surface area contributed by atoms with Gasteiger partial charge in [-0.1, -0.05) is 41.4 Å². The van der Waals surface area contributed by atoms with Crippen molar-refractivity contribution in [1.82, 2.24) is 9.29 Å². The maximum Gasteiger partial charge on any atom is 0.339 e. The number of sulfonamides is 1. The molecule has 3 rings (SSSR count). The Balaban J connectivity index is 2.17. The molecule has 0 N–H and O–H groups in total. The van der Waals surface area contributed by atoms with Gasteiger partial charge in [-0.05, 0) is 50.2 Å². The van der Waals surface area contributed by atoms with E-state index in [9.17, 15) is 18.0 Å². The highest BCUT2D eigenvalue weighted by Gasteiger charge is 2.35. The van der Waals surface area contributed by atoms with Crippen LogP contribution in [0.15, 0.2) is 65.6 Å². The molecule has 10 heteroatoms. The SMILES string of the molecule is COC(=O)CN(C(C)c1nc(-c2ccc(Cl)cc2)ccc1C(=O)OC)S(=O)(=O)c1ccc(C)cc1. The van der Waals surface area contributed by atoms with Crippen molar-refractivity contribution in [3.8, 4) is 11.3 Å². The van der Waals surface area contributed by atoms with Crippen LogP contribution in [0.25, 0.3) is 11.3 Å². The monoisotopic (exact) mass is 516 g/mol. The summed E-state index contributed by atoms with van der Waals surface area (Å²) < 4.78 is 37.8. The Labute approximate surface area is 209 Å². The topological polar surface area (TPSA) is 103 Å². The molecule has 3 aromatic rings. The van der Waals surface area contributed by atoms with Crippen LogP contribution in [0.1, 0.15) is 34.6 Å². The first-order valence-corrected chi connectivity index (χ1v) is 12.4. The molecule has 184 valence electrons. The molecule has 35 heavy (non-hydrogen) atoms. The molecule has 0 amide bonds. The van der Waals surface area contributed by atoms with Gasteiger partial charge in [-0.25, -0.2) is 13.2 Å². The third-order valence-electron chi connectivity index (χ3n) is 5.44. The van der Waals surface area contributed by atoms with Gasteiger partial charge in [-0.15, -0.1) is 0 Å². The van der Waals surface area contributed by atoms with E-state index in [0.717, 1.165) is 9.87 Å². The molecule has 0 spiro atoms. The molecule has 0 aliphatic heterocycles. The highest BCUT2D eigenvalue weighted by Crippen LogP contribution is 2.31. The lowest BCUT2D eigenvalue weighted by atomic mass is 10.0. The van der Waals surface area contributed by atoms with E-state index in [1.807, 2.05) is 6.92 Å². The van der Waals surface area contributed by atoms with Gasteiger partial charge < -0.3 is 9.47 Å². The number of carbonyl (C=O) groups excluding carboxylic acids is 2. The molecule has 0 saturated heterocycles. The maximum absolute atomic E-state index is 13.6. The van der Waals surface area contributed by atoms with E-state index in [4.69, 9.17) is 21.1 Å². The van der Waals surface area contributed by atoms with Crippen LogP contribution < -0.4 is 0 Å². The fourth-order valence-corrected chi connectivity index (χ4v) is 5.13. The molecular formula is C25H25ClN2O6S. The Morgan fingerprint density at radius 3 is 2.17 bits per heavy atom. The minimum atomic E-state index is -4.18. The molecule has 0 radical (unpaired) electrons. The molecule has 8 nitrogen and oxygen atoms in total. The number of aryl methyl sites for hydroxylation is 1. The van der Waals surface area contributed by atoms with Crippen LogP contribution in [-0.4, -0.2) is 50.4 Å². The van der Waals surface area contributed by atoms with Gasteiger partial charge in [0, 0.05) is 10.6 Å². The van der Waals surface area contributed by atoms with E-state index in [1.54, 1.807) is 49.4 Å². The van der Waals surface area contributed by atoms with Crippen molar-refractivity contribution in [1.29, 1.82) is 0 Å². The van der Waals surface area contributed by atoms with Crippen molar-refractivity contribution >= 4 is 33.6 Å². The zero-order chi connectivity index (χ0) is 25.8. The van der Waals surface area contributed by atoms with Gasteiger partial charge in [-0.3, -0.25) is 9.78 Å². The molecule has 1 heterocycles. The number of rotatable bonds is 8. The highest BCUT2D eigenvalue weighted by atomic mass is 35.5. The minimum Gasteiger partial charge on any atom is -0.468 e. The maximum atomic E-state index is 13.6. The van der Waals surface area contributed by atoms with E-state index in [-0.39, 0.29) is 16.2 Å². The van der Waals surface area contributed by atoms with Crippen LogP contribution in [0.2, 0.25) is 5.02 Å². The van der Waals surface area contributed by atoms with Crippen LogP contribution in [-0.2, 0) is 24.3 Å². The smallest absolute Gasteiger partial charge is 0.339 e. The zero-order valence-corrected chi connectivity index (χ0v) is 21.3. The van der Waals surface area contributed by atoms with E-state index >= 15 is 0 Å². The molecule has 1 aromatic heterocycles. The second-order valence-corrected chi connectivity index (χ2v) is 10.1. The summed E-state index contributed by atoms with van der Waals surface area (Å²) in [6.45, 7) is 2.80. The number of hydrogen-bond acceptors (Lipinski definition) is 7. The number of benzene rings is 2. The van der Waals surface area contributed by atoms with Gasteiger partial charge in [0.2, 0.25) is 10.0 Å². The summed E-state index contributed by atoms with van der Waals surface area (Å²) in [4.78, 5) is 29.4. The predicted octanol–water partition coefficient (Wildman–Crippen LogP) is 4.42. The van der Waals surface area contributed by atoms with Crippen molar-refractivity contribution in [3.63, 3.8) is 0 Å². The second kappa shape index (κ2) is 11.0. The van der Waals surface area contributed by atoms with E-state index < -0.39 is 34.5 Å². The molecule has 0 aliphatic rings. The molecule has 0 aliphatic carbocycles.